The summed E-state index contributed by atoms with van der Waals surface area (Å²) in [5, 5.41) is 0. The number of nitrogens with zero attached hydrogens (tertiary/aromatic N) is 2. The summed E-state index contributed by atoms with van der Waals surface area (Å²) >= 11 is 0. The molecule has 0 fully saturated rings. The van der Waals surface area contributed by atoms with E-state index in [0.29, 0.717) is 25.6 Å². The predicted molar refractivity (Wildman–Crippen MR) is 119 cm³/mol. The molecule has 6 nitrogen and oxygen atoms in total. The van der Waals surface area contributed by atoms with Gasteiger partial charge >= 0.3 is 0 Å². The van der Waals surface area contributed by atoms with Crippen LogP contribution in [0.3, 0.4) is 0 Å². The normalized spacial score (nSPS) is 18.6. The highest BCUT2D eigenvalue weighted by atomic mass is 32.2. The van der Waals surface area contributed by atoms with Crippen LogP contribution >= 0.6 is 0 Å². The zero-order chi connectivity index (χ0) is 21.8. The molecule has 1 heterocycles. The maximum absolute atomic E-state index is 13.0. The molecule has 0 aliphatic carbocycles. The Hall–Kier alpha value is -2.22. The highest BCUT2D eigenvalue weighted by molar-refractivity contribution is 7.89. The molecule has 1 aliphatic heterocycles. The monoisotopic (exact) mass is 430 g/mol. The molecule has 7 heteroatoms. The van der Waals surface area contributed by atoms with Gasteiger partial charge in [-0.2, -0.15) is 4.31 Å². The smallest absolute Gasteiger partial charge is 0.243 e. The summed E-state index contributed by atoms with van der Waals surface area (Å²) < 4.78 is 39.2. The second-order valence-electron chi connectivity index (χ2n) is 7.63. The molecule has 1 unspecified atom stereocenters. The maximum Gasteiger partial charge on any atom is 0.243 e. The summed E-state index contributed by atoms with van der Waals surface area (Å²) in [6.07, 6.45) is 1.55. The van der Waals surface area contributed by atoms with E-state index in [1.54, 1.807) is 35.7 Å². The number of aliphatic imine (C=N–C) groups is 1. The molecule has 2 aromatic carbocycles. The molecule has 1 atom stereocenters. The van der Waals surface area contributed by atoms with Gasteiger partial charge in [-0.1, -0.05) is 32.0 Å². The van der Waals surface area contributed by atoms with Crippen LogP contribution in [0.2, 0.25) is 0 Å². The fourth-order valence-corrected chi connectivity index (χ4v) is 5.32. The number of fused-ring (bicyclic) bond motifs is 1. The number of hydrogen-bond acceptors (Lipinski definition) is 5. The first-order chi connectivity index (χ1) is 14.4. The van der Waals surface area contributed by atoms with Crippen molar-refractivity contribution in [2.75, 3.05) is 26.8 Å². The lowest BCUT2D eigenvalue weighted by Crippen LogP contribution is -2.36. The number of para-hydroxylation sites is 1. The van der Waals surface area contributed by atoms with Crippen LogP contribution in [0.1, 0.15) is 44.7 Å². The van der Waals surface area contributed by atoms with Gasteiger partial charge in [0.15, 0.2) is 5.60 Å². The number of ether oxygens (including phenoxy) is 2. The molecule has 1 aliphatic rings. The summed E-state index contributed by atoms with van der Waals surface area (Å²) in [6, 6.07) is 14.6. The van der Waals surface area contributed by atoms with E-state index >= 15 is 0 Å². The van der Waals surface area contributed by atoms with Gasteiger partial charge in [-0.3, -0.25) is 0 Å². The van der Waals surface area contributed by atoms with Gasteiger partial charge < -0.3 is 9.47 Å². The standard InChI is InChI=1S/C23H30N2O4S/c1-5-15-25(16-6-2)30(26,27)19-13-11-18(12-14-19)22-24-21-10-8-7-9-20(21)23(3,29-22)17-28-4/h7-14H,5-6,15-17H2,1-4H3. The van der Waals surface area contributed by atoms with Crippen molar-refractivity contribution < 1.29 is 17.9 Å². The number of sulfonamides is 1. The van der Waals surface area contributed by atoms with E-state index in [9.17, 15) is 8.42 Å². The van der Waals surface area contributed by atoms with Crippen LogP contribution in [-0.2, 0) is 25.1 Å². The van der Waals surface area contributed by atoms with Crippen molar-refractivity contribution >= 4 is 21.6 Å². The summed E-state index contributed by atoms with van der Waals surface area (Å²) in [5.41, 5.74) is 1.84. The third-order valence-electron chi connectivity index (χ3n) is 5.12. The lowest BCUT2D eigenvalue weighted by molar-refractivity contribution is -0.0108. The lowest BCUT2D eigenvalue weighted by atomic mass is 9.93. The Bertz CT molecular complexity index is 996. The Morgan fingerprint density at radius 2 is 1.67 bits per heavy atom. The third kappa shape index (κ3) is 4.43. The molecule has 0 radical (unpaired) electrons. The molecular formula is C23H30N2O4S. The van der Waals surface area contributed by atoms with Crippen LogP contribution in [0.25, 0.3) is 0 Å². The third-order valence-corrected chi connectivity index (χ3v) is 7.04. The van der Waals surface area contributed by atoms with Gasteiger partial charge in [0.2, 0.25) is 15.9 Å². The van der Waals surface area contributed by atoms with Crippen LogP contribution in [0.5, 0.6) is 0 Å². The molecule has 0 saturated carbocycles. The van der Waals surface area contributed by atoms with E-state index < -0.39 is 15.6 Å². The number of benzene rings is 2. The molecular weight excluding hydrogens is 400 g/mol. The van der Waals surface area contributed by atoms with Gasteiger partial charge in [0.1, 0.15) is 0 Å². The van der Waals surface area contributed by atoms with E-state index in [-0.39, 0.29) is 4.90 Å². The van der Waals surface area contributed by atoms with Crippen molar-refractivity contribution in [2.24, 2.45) is 4.99 Å². The quantitative estimate of drug-likeness (QED) is 0.589. The molecule has 0 spiro atoms. The molecule has 0 amide bonds. The van der Waals surface area contributed by atoms with E-state index in [2.05, 4.69) is 4.99 Å². The Labute approximate surface area is 179 Å². The molecule has 30 heavy (non-hydrogen) atoms. The molecule has 2 aromatic rings. The average Bonchev–Trinajstić information content (AvgIpc) is 2.74. The number of methoxy groups -OCH3 is 1. The largest absolute Gasteiger partial charge is 0.463 e. The van der Waals surface area contributed by atoms with Crippen molar-refractivity contribution in [2.45, 2.75) is 44.1 Å². The summed E-state index contributed by atoms with van der Waals surface area (Å²) in [7, 11) is -1.88. The van der Waals surface area contributed by atoms with Crippen LogP contribution in [0, 0.1) is 0 Å². The summed E-state index contributed by atoms with van der Waals surface area (Å²) in [6.45, 7) is 7.33. The highest BCUT2D eigenvalue weighted by Crippen LogP contribution is 2.38. The van der Waals surface area contributed by atoms with Gasteiger partial charge in [-0.25, -0.2) is 13.4 Å². The van der Waals surface area contributed by atoms with Gasteiger partial charge in [-0.15, -0.1) is 0 Å². The van der Waals surface area contributed by atoms with Crippen LogP contribution < -0.4 is 0 Å². The highest BCUT2D eigenvalue weighted by Gasteiger charge is 2.36. The molecule has 0 bridgehead atoms. The van der Waals surface area contributed by atoms with E-state index in [1.807, 2.05) is 45.0 Å². The zero-order valence-corrected chi connectivity index (χ0v) is 18.9. The minimum Gasteiger partial charge on any atom is -0.463 e. The van der Waals surface area contributed by atoms with Crippen LogP contribution in [-0.4, -0.2) is 45.4 Å². The predicted octanol–water partition coefficient (Wildman–Crippen LogP) is 4.47. The van der Waals surface area contributed by atoms with E-state index in [4.69, 9.17) is 9.47 Å². The summed E-state index contributed by atoms with van der Waals surface area (Å²) in [4.78, 5) is 4.94. The minimum absolute atomic E-state index is 0.282. The fourth-order valence-electron chi connectivity index (χ4n) is 3.69. The van der Waals surface area contributed by atoms with Gasteiger partial charge in [0, 0.05) is 31.3 Å². The van der Waals surface area contributed by atoms with E-state index in [0.717, 1.165) is 29.7 Å². The Kier molecular flexibility index (Phi) is 6.95. The van der Waals surface area contributed by atoms with Gasteiger partial charge in [0.25, 0.3) is 0 Å². The summed E-state index contributed by atoms with van der Waals surface area (Å²) in [5.74, 6) is 0.455. The van der Waals surface area contributed by atoms with Crippen molar-refractivity contribution in [3.63, 3.8) is 0 Å². The molecule has 3 rings (SSSR count). The maximum atomic E-state index is 13.0. The topological polar surface area (TPSA) is 68.2 Å². The Morgan fingerprint density at radius 1 is 1.03 bits per heavy atom. The second kappa shape index (κ2) is 9.29. The zero-order valence-electron chi connectivity index (χ0n) is 18.1. The Morgan fingerprint density at radius 3 is 2.27 bits per heavy atom. The van der Waals surface area contributed by atoms with Crippen molar-refractivity contribution in [3.05, 3.63) is 59.7 Å². The molecule has 0 saturated heterocycles. The number of rotatable bonds is 9. The van der Waals surface area contributed by atoms with Crippen molar-refractivity contribution in [1.82, 2.24) is 4.31 Å². The van der Waals surface area contributed by atoms with Crippen LogP contribution in [0.4, 0.5) is 5.69 Å². The number of hydrogen-bond donors (Lipinski definition) is 0. The van der Waals surface area contributed by atoms with E-state index in [1.165, 1.54) is 0 Å². The molecule has 0 N–H and O–H groups in total. The van der Waals surface area contributed by atoms with Gasteiger partial charge in [0.05, 0.1) is 17.2 Å². The minimum atomic E-state index is -3.52. The average molecular weight is 431 g/mol. The first kappa shape index (κ1) is 22.5. The second-order valence-corrected chi connectivity index (χ2v) is 9.57. The lowest BCUT2D eigenvalue weighted by Gasteiger charge is -2.35. The first-order valence-electron chi connectivity index (χ1n) is 10.3. The SMILES string of the molecule is CCCN(CCC)S(=O)(=O)c1ccc(C2=Nc3ccccc3C(C)(COC)O2)cc1. The molecule has 0 aromatic heterocycles. The van der Waals surface area contributed by atoms with Gasteiger partial charge in [-0.05, 0) is 50.1 Å². The molecule has 162 valence electrons. The Balaban J connectivity index is 1.94. The van der Waals surface area contributed by atoms with Crippen LogP contribution in [0.15, 0.2) is 58.4 Å². The fraction of sp³-hybridized carbons (Fsp3) is 0.435. The van der Waals surface area contributed by atoms with Crippen molar-refractivity contribution in [3.8, 4) is 0 Å². The van der Waals surface area contributed by atoms with Crippen molar-refractivity contribution in [1.29, 1.82) is 0 Å². The first-order valence-corrected chi connectivity index (χ1v) is 11.8.